The van der Waals surface area contributed by atoms with Crippen LogP contribution in [0.3, 0.4) is 0 Å². The van der Waals surface area contributed by atoms with Crippen LogP contribution in [0.1, 0.15) is 41.5 Å². The molecule has 0 bridgehead atoms. The van der Waals surface area contributed by atoms with Gasteiger partial charge in [0.1, 0.15) is 11.4 Å². The summed E-state index contributed by atoms with van der Waals surface area (Å²) in [7, 11) is 2.01. The topological polar surface area (TPSA) is 72.2 Å². The van der Waals surface area contributed by atoms with Gasteiger partial charge in [0.05, 0.1) is 0 Å². The van der Waals surface area contributed by atoms with E-state index in [9.17, 15) is 5.11 Å². The molecule has 1 aromatic rings. The second-order valence-corrected chi connectivity index (χ2v) is 7.39. The number of hydrogen-bond donors (Lipinski definition) is 3. The second kappa shape index (κ2) is 6.77. The number of nitrogens with one attached hydrogen (secondary N) is 2. The lowest BCUT2D eigenvalue weighted by atomic mass is 9.97. The molecule has 3 N–H and O–H groups in total. The summed E-state index contributed by atoms with van der Waals surface area (Å²) in [5.74, 6) is 0.397. The summed E-state index contributed by atoms with van der Waals surface area (Å²) in [5.41, 5.74) is 5.01. The number of aryl methyl sites for hydroxylation is 2. The van der Waals surface area contributed by atoms with Gasteiger partial charge in [-0.25, -0.2) is 0 Å². The van der Waals surface area contributed by atoms with Gasteiger partial charge in [0.15, 0.2) is 6.29 Å². The Morgan fingerprint density at radius 3 is 2.96 bits per heavy atom. The summed E-state index contributed by atoms with van der Waals surface area (Å²) in [6.07, 6.45) is 7.32. The number of hydrogen-bond acceptors (Lipinski definition) is 6. The number of fused-ring (bicyclic) bond motifs is 1. The summed E-state index contributed by atoms with van der Waals surface area (Å²) >= 11 is 0. The van der Waals surface area contributed by atoms with E-state index in [1.54, 1.807) is 0 Å². The molecule has 6 heteroatoms. The molecule has 0 spiro atoms. The van der Waals surface area contributed by atoms with Gasteiger partial charge >= 0.3 is 0 Å². The van der Waals surface area contributed by atoms with Gasteiger partial charge < -0.3 is 15.3 Å². The van der Waals surface area contributed by atoms with Crippen LogP contribution in [0.2, 0.25) is 0 Å². The third-order valence-corrected chi connectivity index (χ3v) is 5.49. The molecule has 0 aromatic heterocycles. The maximum atomic E-state index is 10.8. The zero-order valence-corrected chi connectivity index (χ0v) is 15.0. The van der Waals surface area contributed by atoms with Gasteiger partial charge in [0.2, 0.25) is 0 Å². The van der Waals surface area contributed by atoms with Crippen LogP contribution in [0.4, 0.5) is 0 Å². The fourth-order valence-electron chi connectivity index (χ4n) is 4.15. The van der Waals surface area contributed by atoms with Crippen LogP contribution in [0.25, 0.3) is 5.70 Å². The minimum atomic E-state index is -0.148. The molecule has 1 saturated heterocycles. The molecule has 0 radical (unpaired) electrons. The lowest BCUT2D eigenvalue weighted by Crippen LogP contribution is -2.51. The number of azo groups is 1. The van der Waals surface area contributed by atoms with Crippen molar-refractivity contribution in [3.05, 3.63) is 34.5 Å². The fourth-order valence-corrected chi connectivity index (χ4v) is 4.15. The average molecular weight is 341 g/mol. The van der Waals surface area contributed by atoms with E-state index in [4.69, 9.17) is 0 Å². The van der Waals surface area contributed by atoms with E-state index in [2.05, 4.69) is 26.9 Å². The molecule has 0 saturated carbocycles. The largest absolute Gasteiger partial charge is 0.507 e. The van der Waals surface area contributed by atoms with Crippen molar-refractivity contribution in [1.82, 2.24) is 15.5 Å². The maximum Gasteiger partial charge on any atom is 0.196 e. The molecular weight excluding hydrogens is 314 g/mol. The number of aromatic hydroxyl groups is 1. The highest BCUT2D eigenvalue weighted by molar-refractivity contribution is 5.74. The number of piperidine rings is 1. The highest BCUT2D eigenvalue weighted by atomic mass is 16.3. The number of phenolic OH excluding ortho intramolecular Hbond substituents is 1. The van der Waals surface area contributed by atoms with Crippen molar-refractivity contribution in [2.75, 3.05) is 20.1 Å². The van der Waals surface area contributed by atoms with E-state index in [1.807, 2.05) is 25.1 Å². The predicted octanol–water partition coefficient (Wildman–Crippen LogP) is 2.51. The van der Waals surface area contributed by atoms with Crippen LogP contribution in [-0.4, -0.2) is 42.5 Å². The van der Waals surface area contributed by atoms with Crippen LogP contribution < -0.4 is 10.6 Å². The van der Waals surface area contributed by atoms with Gasteiger partial charge in [0, 0.05) is 31.4 Å². The van der Waals surface area contributed by atoms with Crippen molar-refractivity contribution in [2.24, 2.45) is 10.2 Å². The fraction of sp³-hybridized carbons (Fsp3) is 0.579. The molecule has 2 aliphatic heterocycles. The Labute approximate surface area is 149 Å². The summed E-state index contributed by atoms with van der Waals surface area (Å²) in [6, 6.07) is 2.62. The van der Waals surface area contributed by atoms with Crippen molar-refractivity contribution >= 4 is 5.70 Å². The van der Waals surface area contributed by atoms with Crippen LogP contribution in [-0.2, 0) is 12.8 Å². The zero-order valence-electron chi connectivity index (χ0n) is 15.0. The van der Waals surface area contributed by atoms with E-state index in [0.717, 1.165) is 61.2 Å². The molecule has 0 amide bonds. The lowest BCUT2D eigenvalue weighted by Gasteiger charge is -2.32. The summed E-state index contributed by atoms with van der Waals surface area (Å²) in [5, 5.41) is 26.6. The molecule has 1 aliphatic carbocycles. The molecule has 1 unspecified atom stereocenters. The van der Waals surface area contributed by atoms with Crippen molar-refractivity contribution in [3.63, 3.8) is 0 Å². The molecule has 4 rings (SSSR count). The first-order chi connectivity index (χ1) is 12.1. The number of benzene rings is 1. The number of rotatable bonds is 3. The molecule has 2 atom stereocenters. The number of phenols is 1. The maximum absolute atomic E-state index is 10.8. The predicted molar refractivity (Wildman–Crippen MR) is 98.3 cm³/mol. The Morgan fingerprint density at radius 2 is 2.20 bits per heavy atom. The Morgan fingerprint density at radius 1 is 1.32 bits per heavy atom. The third-order valence-electron chi connectivity index (χ3n) is 5.49. The molecule has 1 fully saturated rings. The van der Waals surface area contributed by atoms with Gasteiger partial charge in [-0.1, -0.05) is 6.07 Å². The van der Waals surface area contributed by atoms with Gasteiger partial charge in [-0.2, -0.15) is 5.11 Å². The Kier molecular flexibility index (Phi) is 4.48. The van der Waals surface area contributed by atoms with Crippen molar-refractivity contribution in [3.8, 4) is 5.75 Å². The van der Waals surface area contributed by atoms with E-state index in [0.29, 0.717) is 11.8 Å². The average Bonchev–Trinajstić information content (AvgIpc) is 3.07. The van der Waals surface area contributed by atoms with E-state index < -0.39 is 0 Å². The van der Waals surface area contributed by atoms with Gasteiger partial charge in [0.25, 0.3) is 0 Å². The SMILES string of the molecule is Cc1cc2c(c(O)c1C1=CN(C)C(N[C@@H]3CCCNC3)N=N1)CCC2. The monoisotopic (exact) mass is 341 g/mol. The summed E-state index contributed by atoms with van der Waals surface area (Å²) in [6.45, 7) is 4.12. The third kappa shape index (κ3) is 3.16. The smallest absolute Gasteiger partial charge is 0.196 e. The normalized spacial score (nSPS) is 25.8. The van der Waals surface area contributed by atoms with Gasteiger partial charge in [-0.15, -0.1) is 5.11 Å². The van der Waals surface area contributed by atoms with Gasteiger partial charge in [-0.05, 0) is 62.3 Å². The quantitative estimate of drug-likeness (QED) is 0.790. The van der Waals surface area contributed by atoms with E-state index in [1.165, 1.54) is 12.0 Å². The molecule has 3 aliphatic rings. The first kappa shape index (κ1) is 16.5. The van der Waals surface area contributed by atoms with Crippen LogP contribution in [0, 0.1) is 6.92 Å². The summed E-state index contributed by atoms with van der Waals surface area (Å²) in [4.78, 5) is 2.04. The Hall–Kier alpha value is -1.92. The summed E-state index contributed by atoms with van der Waals surface area (Å²) < 4.78 is 0. The van der Waals surface area contributed by atoms with Gasteiger partial charge in [-0.3, -0.25) is 5.32 Å². The molecule has 2 heterocycles. The minimum Gasteiger partial charge on any atom is -0.507 e. The lowest BCUT2D eigenvalue weighted by molar-refractivity contribution is 0.226. The van der Waals surface area contributed by atoms with Crippen molar-refractivity contribution in [1.29, 1.82) is 0 Å². The second-order valence-electron chi connectivity index (χ2n) is 7.39. The van der Waals surface area contributed by atoms with E-state index >= 15 is 0 Å². The first-order valence-corrected chi connectivity index (χ1v) is 9.29. The Balaban J connectivity index is 1.55. The molecule has 134 valence electrons. The van der Waals surface area contributed by atoms with Crippen molar-refractivity contribution < 1.29 is 5.11 Å². The zero-order chi connectivity index (χ0) is 17.4. The molecule has 1 aromatic carbocycles. The van der Waals surface area contributed by atoms with E-state index in [-0.39, 0.29) is 6.29 Å². The molecule has 6 nitrogen and oxygen atoms in total. The minimum absolute atomic E-state index is 0.148. The standard InChI is InChI=1S/C19H27N5O/c1-12-9-13-5-3-7-15(13)18(25)17(12)16-11-24(2)19(23-22-16)21-14-6-4-8-20-10-14/h9,11,14,19-21,25H,3-8,10H2,1-2H3/t14-,19?/m1/s1. The van der Waals surface area contributed by atoms with Crippen LogP contribution >= 0.6 is 0 Å². The first-order valence-electron chi connectivity index (χ1n) is 9.29. The van der Waals surface area contributed by atoms with Crippen LogP contribution in [0.15, 0.2) is 22.5 Å². The van der Waals surface area contributed by atoms with Crippen LogP contribution in [0.5, 0.6) is 5.75 Å². The Bertz CT molecular complexity index is 721. The van der Waals surface area contributed by atoms with Crippen molar-refractivity contribution in [2.45, 2.75) is 51.4 Å². The highest BCUT2D eigenvalue weighted by Gasteiger charge is 2.26. The molecule has 25 heavy (non-hydrogen) atoms. The molecular formula is C19H27N5O. The highest BCUT2D eigenvalue weighted by Crippen LogP contribution is 2.39. The number of nitrogens with zero attached hydrogens (tertiary/aromatic N) is 3.